The number of carboxylic acid groups (broad SMARTS) is 1. The van der Waals surface area contributed by atoms with Gasteiger partial charge in [-0.2, -0.15) is 0 Å². The molecule has 0 saturated carbocycles. The number of ether oxygens (including phenoxy) is 1. The van der Waals surface area contributed by atoms with E-state index in [1.165, 1.54) is 23.5 Å². The van der Waals surface area contributed by atoms with Crippen LogP contribution < -0.4 is 0 Å². The molecule has 8 heteroatoms. The van der Waals surface area contributed by atoms with Crippen LogP contribution in [-0.2, 0) is 24.0 Å². The van der Waals surface area contributed by atoms with Crippen molar-refractivity contribution in [3.8, 4) is 0 Å². The number of carbonyl (C=O) groups is 1. The summed E-state index contributed by atoms with van der Waals surface area (Å²) in [5.74, 6) is -0.425. The van der Waals surface area contributed by atoms with Crippen molar-refractivity contribution in [2.24, 2.45) is 0 Å². The van der Waals surface area contributed by atoms with E-state index in [-0.39, 0.29) is 11.4 Å². The Morgan fingerprint density at radius 3 is 2.64 bits per heavy atom. The molecule has 0 spiro atoms. The van der Waals surface area contributed by atoms with Crippen LogP contribution in [0.1, 0.15) is 49.7 Å². The van der Waals surface area contributed by atoms with Gasteiger partial charge in [0, 0.05) is 29.9 Å². The summed E-state index contributed by atoms with van der Waals surface area (Å²) in [6.45, 7) is 2.33. The second-order valence-electron chi connectivity index (χ2n) is 7.71. The van der Waals surface area contributed by atoms with Crippen LogP contribution in [0, 0.1) is 12.7 Å². The van der Waals surface area contributed by atoms with Crippen molar-refractivity contribution in [1.82, 2.24) is 15.0 Å². The van der Waals surface area contributed by atoms with Gasteiger partial charge in [-0.25, -0.2) is 19.2 Å². The van der Waals surface area contributed by atoms with Crippen molar-refractivity contribution in [2.75, 3.05) is 6.61 Å². The molecule has 0 fully saturated rings. The summed E-state index contributed by atoms with van der Waals surface area (Å²) in [6.07, 6.45) is 4.85. The van der Waals surface area contributed by atoms with E-state index in [4.69, 9.17) is 4.74 Å². The van der Waals surface area contributed by atoms with E-state index >= 15 is 0 Å². The van der Waals surface area contributed by atoms with Crippen LogP contribution in [-0.4, -0.2) is 32.6 Å². The lowest BCUT2D eigenvalue weighted by molar-refractivity contribution is 0.0693. The zero-order valence-electron chi connectivity index (χ0n) is 18.1. The van der Waals surface area contributed by atoms with Crippen LogP contribution in [0.5, 0.6) is 0 Å². The van der Waals surface area contributed by atoms with Gasteiger partial charge in [0.15, 0.2) is 0 Å². The third-order valence-corrected chi connectivity index (χ3v) is 6.17. The molecule has 6 nitrogen and oxygen atoms in total. The number of aromatic amines is 1. The Morgan fingerprint density at radius 2 is 1.97 bits per heavy atom. The molecule has 1 atom stereocenters. The summed E-state index contributed by atoms with van der Waals surface area (Å²) in [6, 6.07) is 11.7. The zero-order valence-corrected chi connectivity index (χ0v) is 18.9. The standard InChI is InChI=1S/C25H24FN3O3S/c1-16-28-15-21(29-16)10-12-32-23(24-27-11-13-33-24)19-7-6-18(22(14-19)25(30)31)5-2-17-3-8-20(26)9-4-17/h3-4,6-9,11,13-15,23H,2,5,10,12H2,1H3,(H,28,29)(H,30,31). The highest BCUT2D eigenvalue weighted by Gasteiger charge is 2.21. The van der Waals surface area contributed by atoms with E-state index in [2.05, 4.69) is 15.0 Å². The number of aryl methyl sites for hydroxylation is 3. The predicted octanol–water partition coefficient (Wildman–Crippen LogP) is 5.15. The first-order chi connectivity index (χ1) is 16.0. The number of nitrogens with zero attached hydrogens (tertiary/aromatic N) is 2. The first-order valence-electron chi connectivity index (χ1n) is 10.6. The van der Waals surface area contributed by atoms with E-state index < -0.39 is 12.1 Å². The highest BCUT2D eigenvalue weighted by Crippen LogP contribution is 2.30. The molecule has 4 rings (SSSR count). The molecular weight excluding hydrogens is 441 g/mol. The maximum Gasteiger partial charge on any atom is 0.335 e. The normalized spacial score (nSPS) is 12.1. The summed E-state index contributed by atoms with van der Waals surface area (Å²) in [4.78, 5) is 23.8. The van der Waals surface area contributed by atoms with E-state index in [1.54, 1.807) is 30.6 Å². The quantitative estimate of drug-likeness (QED) is 0.338. The van der Waals surface area contributed by atoms with Gasteiger partial charge in [0.05, 0.1) is 12.2 Å². The van der Waals surface area contributed by atoms with Crippen LogP contribution in [0.3, 0.4) is 0 Å². The van der Waals surface area contributed by atoms with Crippen LogP contribution >= 0.6 is 11.3 Å². The third kappa shape index (κ3) is 5.91. The third-order valence-electron chi connectivity index (χ3n) is 5.35. The Bertz CT molecular complexity index is 1210. The predicted molar refractivity (Wildman–Crippen MR) is 124 cm³/mol. The van der Waals surface area contributed by atoms with Crippen molar-refractivity contribution in [2.45, 2.75) is 32.3 Å². The first kappa shape index (κ1) is 22.8. The summed E-state index contributed by atoms with van der Waals surface area (Å²) >= 11 is 1.47. The summed E-state index contributed by atoms with van der Waals surface area (Å²) in [5, 5.41) is 12.5. The van der Waals surface area contributed by atoms with Crippen molar-refractivity contribution in [1.29, 1.82) is 0 Å². The van der Waals surface area contributed by atoms with E-state index in [9.17, 15) is 14.3 Å². The maximum atomic E-state index is 13.1. The van der Waals surface area contributed by atoms with E-state index in [0.29, 0.717) is 25.9 Å². The van der Waals surface area contributed by atoms with Gasteiger partial charge in [-0.15, -0.1) is 11.3 Å². The minimum atomic E-state index is -0.989. The molecule has 1 unspecified atom stereocenters. The number of nitrogens with one attached hydrogen (secondary N) is 1. The minimum Gasteiger partial charge on any atom is -0.478 e. The molecule has 2 aromatic carbocycles. The number of H-pyrrole nitrogens is 1. The number of carboxylic acids is 1. The minimum absolute atomic E-state index is 0.240. The fourth-order valence-electron chi connectivity index (χ4n) is 3.66. The molecule has 33 heavy (non-hydrogen) atoms. The van der Waals surface area contributed by atoms with Gasteiger partial charge in [0.1, 0.15) is 22.8 Å². The Kier molecular flexibility index (Phi) is 7.26. The lowest BCUT2D eigenvalue weighted by Crippen LogP contribution is -2.12. The summed E-state index contributed by atoms with van der Waals surface area (Å²) in [5.41, 5.74) is 3.64. The molecule has 2 N–H and O–H groups in total. The van der Waals surface area contributed by atoms with Crippen molar-refractivity contribution < 1.29 is 19.0 Å². The molecular formula is C25H24FN3O3S. The second kappa shape index (κ2) is 10.5. The molecule has 0 radical (unpaired) electrons. The lowest BCUT2D eigenvalue weighted by atomic mass is 9.96. The number of hydrogen-bond donors (Lipinski definition) is 2. The number of thiazole rings is 1. The SMILES string of the molecule is Cc1ncc(CCOC(c2ccc(CCc3ccc(F)cc3)c(C(=O)O)c2)c2nccs2)[nH]1. The van der Waals surface area contributed by atoms with Crippen molar-refractivity contribution in [3.05, 3.63) is 105 Å². The van der Waals surface area contributed by atoms with Gasteiger partial charge in [-0.1, -0.05) is 24.3 Å². The van der Waals surface area contributed by atoms with Crippen LogP contribution in [0.15, 0.2) is 60.2 Å². The molecule has 2 heterocycles. The Morgan fingerprint density at radius 1 is 1.15 bits per heavy atom. The Hall–Kier alpha value is -3.36. The number of imidazole rings is 1. The average Bonchev–Trinajstić information content (AvgIpc) is 3.48. The Labute approximate surface area is 195 Å². The number of benzene rings is 2. The van der Waals surface area contributed by atoms with Gasteiger partial charge in [0.2, 0.25) is 0 Å². The van der Waals surface area contributed by atoms with Crippen molar-refractivity contribution >= 4 is 17.3 Å². The smallest absolute Gasteiger partial charge is 0.335 e. The highest BCUT2D eigenvalue weighted by molar-refractivity contribution is 7.09. The van der Waals surface area contributed by atoms with E-state index in [1.807, 2.05) is 24.4 Å². The van der Waals surface area contributed by atoms with Gasteiger partial charge >= 0.3 is 5.97 Å². The summed E-state index contributed by atoms with van der Waals surface area (Å²) in [7, 11) is 0. The molecule has 0 bridgehead atoms. The molecule has 0 amide bonds. The first-order valence-corrected chi connectivity index (χ1v) is 11.5. The van der Waals surface area contributed by atoms with Crippen LogP contribution in [0.4, 0.5) is 4.39 Å². The van der Waals surface area contributed by atoms with Crippen molar-refractivity contribution in [3.63, 3.8) is 0 Å². The molecule has 0 aliphatic heterocycles. The molecule has 4 aromatic rings. The molecule has 170 valence electrons. The molecule has 0 aliphatic rings. The largest absolute Gasteiger partial charge is 0.478 e. The molecule has 2 aromatic heterocycles. The van der Waals surface area contributed by atoms with Crippen LogP contribution in [0.25, 0.3) is 0 Å². The van der Waals surface area contributed by atoms with Crippen LogP contribution in [0.2, 0.25) is 0 Å². The van der Waals surface area contributed by atoms with Gasteiger partial charge in [-0.3, -0.25) is 0 Å². The number of halogens is 1. The maximum absolute atomic E-state index is 13.1. The Balaban J connectivity index is 1.52. The topological polar surface area (TPSA) is 88.1 Å². The lowest BCUT2D eigenvalue weighted by Gasteiger charge is -2.18. The van der Waals surface area contributed by atoms with E-state index in [0.717, 1.165) is 33.2 Å². The van der Waals surface area contributed by atoms with Gasteiger partial charge in [0.25, 0.3) is 0 Å². The number of hydrogen-bond acceptors (Lipinski definition) is 5. The number of aromatic nitrogens is 3. The monoisotopic (exact) mass is 465 g/mol. The average molecular weight is 466 g/mol. The fourth-order valence-corrected chi connectivity index (χ4v) is 4.37. The molecule has 0 aliphatic carbocycles. The summed E-state index contributed by atoms with van der Waals surface area (Å²) < 4.78 is 19.3. The zero-order chi connectivity index (χ0) is 23.2. The second-order valence-corrected chi connectivity index (χ2v) is 8.64. The number of aromatic carboxylic acids is 1. The fraction of sp³-hybridized carbons (Fsp3) is 0.240. The highest BCUT2D eigenvalue weighted by atomic mass is 32.1. The van der Waals surface area contributed by atoms with Gasteiger partial charge < -0.3 is 14.8 Å². The number of rotatable bonds is 10. The molecule has 0 saturated heterocycles. The van der Waals surface area contributed by atoms with Gasteiger partial charge in [-0.05, 0) is 54.7 Å².